The molecule has 0 atom stereocenters. The number of nitrogens with one attached hydrogen (secondary N) is 1. The van der Waals surface area contributed by atoms with Crippen molar-refractivity contribution >= 4 is 21.8 Å². The summed E-state index contributed by atoms with van der Waals surface area (Å²) in [5, 5.41) is 7.77. The molecule has 0 radical (unpaired) electrons. The zero-order valence-electron chi connectivity index (χ0n) is 13.4. The summed E-state index contributed by atoms with van der Waals surface area (Å²) in [5.74, 6) is -0.338. The van der Waals surface area contributed by atoms with Crippen molar-refractivity contribution in [1.29, 1.82) is 0 Å². The van der Waals surface area contributed by atoms with E-state index >= 15 is 0 Å². The molecule has 3 N–H and O–H groups in total. The number of hydrogen-bond donors (Lipinski definition) is 2. The average molecular weight is 341 g/mol. The first-order valence-corrected chi connectivity index (χ1v) is 8.92. The molecule has 0 aliphatic heterocycles. The van der Waals surface area contributed by atoms with E-state index in [4.69, 9.17) is 5.14 Å². The van der Waals surface area contributed by atoms with Gasteiger partial charge in [-0.15, -0.1) is 0 Å². The molecule has 2 amide bonds. The van der Waals surface area contributed by atoms with Crippen molar-refractivity contribution < 1.29 is 18.0 Å². The van der Waals surface area contributed by atoms with Crippen LogP contribution in [0.1, 0.15) is 25.8 Å². The predicted octanol–water partition coefficient (Wildman–Crippen LogP) is 0.251. The Balaban J connectivity index is 2.44. The maximum Gasteiger partial charge on any atom is 0.239 e. The zero-order valence-corrected chi connectivity index (χ0v) is 14.2. The van der Waals surface area contributed by atoms with Gasteiger partial charge in [-0.1, -0.05) is 19.1 Å². The molecular weight excluding hydrogens is 318 g/mol. The number of nitrogens with zero attached hydrogens (tertiary/aromatic N) is 1. The highest BCUT2D eigenvalue weighted by Crippen LogP contribution is 2.08. The molecule has 0 bridgehead atoms. The monoisotopic (exact) mass is 341 g/mol. The molecule has 0 spiro atoms. The van der Waals surface area contributed by atoms with E-state index in [0.717, 1.165) is 12.0 Å². The lowest BCUT2D eigenvalue weighted by Crippen LogP contribution is -2.40. The largest absolute Gasteiger partial charge is 0.354 e. The number of hydrogen-bond acceptors (Lipinski definition) is 4. The fourth-order valence-corrected chi connectivity index (χ4v) is 2.55. The molecule has 0 aromatic heterocycles. The van der Waals surface area contributed by atoms with Crippen molar-refractivity contribution in [2.24, 2.45) is 5.14 Å². The van der Waals surface area contributed by atoms with E-state index in [2.05, 4.69) is 5.32 Å². The third-order valence-corrected chi connectivity index (χ3v) is 4.19. The van der Waals surface area contributed by atoms with E-state index in [1.54, 1.807) is 12.1 Å². The Morgan fingerprint density at radius 1 is 1.22 bits per heavy atom. The second-order valence-corrected chi connectivity index (χ2v) is 6.79. The minimum Gasteiger partial charge on any atom is -0.354 e. The normalized spacial score (nSPS) is 11.1. The summed E-state index contributed by atoms with van der Waals surface area (Å²) in [6.07, 6.45) is 1.35. The van der Waals surface area contributed by atoms with Gasteiger partial charge in [-0.05, 0) is 30.5 Å². The van der Waals surface area contributed by atoms with Crippen LogP contribution >= 0.6 is 0 Å². The highest BCUT2D eigenvalue weighted by Gasteiger charge is 2.12. The summed E-state index contributed by atoms with van der Waals surface area (Å²) in [6, 6.07) is 6.19. The Labute approximate surface area is 136 Å². The van der Waals surface area contributed by atoms with E-state index in [1.165, 1.54) is 24.0 Å². The van der Waals surface area contributed by atoms with Crippen LogP contribution in [0.2, 0.25) is 0 Å². The summed E-state index contributed by atoms with van der Waals surface area (Å²) >= 11 is 0. The number of benzene rings is 1. The Bertz CT molecular complexity index is 641. The van der Waals surface area contributed by atoms with Gasteiger partial charge in [0.05, 0.1) is 11.4 Å². The van der Waals surface area contributed by atoms with Crippen molar-refractivity contribution in [3.8, 4) is 0 Å². The van der Waals surface area contributed by atoms with Gasteiger partial charge in [0.15, 0.2) is 0 Å². The number of primary sulfonamides is 1. The molecule has 0 saturated carbocycles. The molecular formula is C15H23N3O4S. The molecule has 0 unspecified atom stereocenters. The fraction of sp³-hybridized carbons (Fsp3) is 0.467. The first-order valence-electron chi connectivity index (χ1n) is 7.38. The predicted molar refractivity (Wildman–Crippen MR) is 87.1 cm³/mol. The number of carbonyl (C=O) groups is 2. The quantitative estimate of drug-likeness (QED) is 0.706. The molecule has 0 saturated heterocycles. The summed E-state index contributed by atoms with van der Waals surface area (Å²) in [7, 11) is -3.69. The van der Waals surface area contributed by atoms with Crippen LogP contribution in [0.4, 0.5) is 0 Å². The molecule has 0 fully saturated rings. The number of sulfonamides is 1. The standard InChI is InChI=1S/C15H23N3O4S/c1-3-10-18(12(2)19)11-15(20)17-9-8-13-4-6-14(7-5-13)23(16,21)22/h4-7H,3,8-11H2,1-2H3,(H,17,20)(H2,16,21,22). The van der Waals surface area contributed by atoms with Gasteiger partial charge in [-0.2, -0.15) is 0 Å². The molecule has 0 heterocycles. The minimum absolute atomic E-state index is 0.0491. The Kier molecular flexibility index (Phi) is 7.18. The molecule has 8 heteroatoms. The molecule has 1 rings (SSSR count). The lowest BCUT2D eigenvalue weighted by Gasteiger charge is -2.19. The van der Waals surface area contributed by atoms with Crippen LogP contribution in [0.3, 0.4) is 0 Å². The van der Waals surface area contributed by atoms with Crippen LogP contribution < -0.4 is 10.5 Å². The molecule has 0 aliphatic rings. The molecule has 128 valence electrons. The topological polar surface area (TPSA) is 110 Å². The second-order valence-electron chi connectivity index (χ2n) is 5.23. The van der Waals surface area contributed by atoms with Crippen molar-refractivity contribution in [1.82, 2.24) is 10.2 Å². The molecule has 0 aliphatic carbocycles. The fourth-order valence-electron chi connectivity index (χ4n) is 2.04. The average Bonchev–Trinajstić information content (AvgIpc) is 2.46. The third kappa shape index (κ3) is 6.79. The number of nitrogens with two attached hydrogens (primary N) is 1. The van der Waals surface area contributed by atoms with Gasteiger partial charge in [0, 0.05) is 20.0 Å². The van der Waals surface area contributed by atoms with Gasteiger partial charge in [0.2, 0.25) is 21.8 Å². The molecule has 23 heavy (non-hydrogen) atoms. The molecule has 1 aromatic carbocycles. The van der Waals surface area contributed by atoms with Crippen LogP contribution in [0.25, 0.3) is 0 Å². The van der Waals surface area contributed by atoms with Crippen LogP contribution in [0.15, 0.2) is 29.2 Å². The molecule has 7 nitrogen and oxygen atoms in total. The highest BCUT2D eigenvalue weighted by atomic mass is 32.2. The first kappa shape index (κ1) is 19.1. The van der Waals surface area contributed by atoms with Crippen LogP contribution in [-0.4, -0.2) is 44.8 Å². The van der Waals surface area contributed by atoms with E-state index in [0.29, 0.717) is 19.5 Å². The van der Waals surface area contributed by atoms with Crippen LogP contribution in [-0.2, 0) is 26.0 Å². The van der Waals surface area contributed by atoms with Gasteiger partial charge < -0.3 is 10.2 Å². The summed E-state index contributed by atoms with van der Waals surface area (Å²) in [6.45, 7) is 4.39. The maximum atomic E-state index is 11.8. The van der Waals surface area contributed by atoms with Gasteiger partial charge in [-0.25, -0.2) is 13.6 Å². The number of carbonyl (C=O) groups excluding carboxylic acids is 2. The smallest absolute Gasteiger partial charge is 0.239 e. The number of rotatable bonds is 8. The van der Waals surface area contributed by atoms with Crippen molar-refractivity contribution in [3.05, 3.63) is 29.8 Å². The molecule has 1 aromatic rings. The minimum atomic E-state index is -3.69. The Morgan fingerprint density at radius 2 is 1.83 bits per heavy atom. The number of amides is 2. The lowest BCUT2D eigenvalue weighted by atomic mass is 10.1. The van der Waals surface area contributed by atoms with Gasteiger partial charge in [0.25, 0.3) is 0 Å². The highest BCUT2D eigenvalue weighted by molar-refractivity contribution is 7.89. The van der Waals surface area contributed by atoms with Crippen molar-refractivity contribution in [2.75, 3.05) is 19.6 Å². The van der Waals surface area contributed by atoms with E-state index in [-0.39, 0.29) is 23.3 Å². The SMILES string of the molecule is CCCN(CC(=O)NCCc1ccc(S(N)(=O)=O)cc1)C(C)=O. The Morgan fingerprint density at radius 3 is 2.30 bits per heavy atom. The van der Waals surface area contributed by atoms with Gasteiger partial charge in [-0.3, -0.25) is 9.59 Å². The summed E-state index contributed by atoms with van der Waals surface area (Å²) in [5.41, 5.74) is 0.884. The van der Waals surface area contributed by atoms with Crippen LogP contribution in [0.5, 0.6) is 0 Å². The third-order valence-electron chi connectivity index (χ3n) is 3.26. The van der Waals surface area contributed by atoms with Crippen LogP contribution in [0, 0.1) is 0 Å². The van der Waals surface area contributed by atoms with E-state index < -0.39 is 10.0 Å². The Hall–Kier alpha value is -1.93. The first-order chi connectivity index (χ1) is 10.7. The lowest BCUT2D eigenvalue weighted by molar-refractivity contribution is -0.134. The van der Waals surface area contributed by atoms with E-state index in [1.807, 2.05) is 6.92 Å². The van der Waals surface area contributed by atoms with Crippen molar-refractivity contribution in [2.45, 2.75) is 31.6 Å². The van der Waals surface area contributed by atoms with Crippen molar-refractivity contribution in [3.63, 3.8) is 0 Å². The van der Waals surface area contributed by atoms with Gasteiger partial charge >= 0.3 is 0 Å². The second kappa shape index (κ2) is 8.64. The van der Waals surface area contributed by atoms with Gasteiger partial charge in [0.1, 0.15) is 0 Å². The maximum absolute atomic E-state index is 11.8. The van der Waals surface area contributed by atoms with E-state index in [9.17, 15) is 18.0 Å². The summed E-state index contributed by atoms with van der Waals surface area (Å²) in [4.78, 5) is 24.7. The zero-order chi connectivity index (χ0) is 17.5. The summed E-state index contributed by atoms with van der Waals surface area (Å²) < 4.78 is 22.3.